The normalized spacial score (nSPS) is 14.4. The van der Waals surface area contributed by atoms with Crippen molar-refractivity contribution in [1.82, 2.24) is 9.78 Å². The molecule has 1 aromatic carbocycles. The van der Waals surface area contributed by atoms with E-state index in [1.165, 1.54) is 0 Å². The highest BCUT2D eigenvalue weighted by atomic mass is 16.2. The average Bonchev–Trinajstić information content (AvgIpc) is 3.03. The number of nitrogens with zero attached hydrogens (tertiary/aromatic N) is 3. The van der Waals surface area contributed by atoms with Gasteiger partial charge in [0, 0.05) is 37.1 Å². The molecule has 0 unspecified atom stereocenters. The number of hydrogen-bond donors (Lipinski definition) is 1. The molecule has 1 N–H and O–H groups in total. The Morgan fingerprint density at radius 3 is 2.70 bits per heavy atom. The molecule has 3 rings (SSSR count). The second kappa shape index (κ2) is 5.87. The van der Waals surface area contributed by atoms with Crippen LogP contribution in [0.3, 0.4) is 0 Å². The molecule has 23 heavy (non-hydrogen) atoms. The monoisotopic (exact) mass is 312 g/mol. The molecule has 0 bridgehead atoms. The minimum Gasteiger partial charge on any atom is -0.322 e. The molecule has 0 saturated carbocycles. The van der Waals surface area contributed by atoms with Gasteiger partial charge in [-0.3, -0.25) is 14.3 Å². The van der Waals surface area contributed by atoms with E-state index >= 15 is 0 Å². The minimum absolute atomic E-state index is 0.132. The Labute approximate surface area is 135 Å². The lowest BCUT2D eigenvalue weighted by Gasteiger charge is -2.16. The number of carbonyl (C=O) groups is 2. The molecule has 1 saturated heterocycles. The van der Waals surface area contributed by atoms with Crippen molar-refractivity contribution in [2.24, 2.45) is 7.05 Å². The summed E-state index contributed by atoms with van der Waals surface area (Å²) in [6, 6.07) is 7.39. The van der Waals surface area contributed by atoms with Crippen molar-refractivity contribution < 1.29 is 9.59 Å². The van der Waals surface area contributed by atoms with Crippen molar-refractivity contribution in [3.8, 4) is 0 Å². The third-order valence-electron chi connectivity index (χ3n) is 4.23. The zero-order valence-corrected chi connectivity index (χ0v) is 13.6. The van der Waals surface area contributed by atoms with Crippen LogP contribution in [0.1, 0.15) is 34.6 Å². The summed E-state index contributed by atoms with van der Waals surface area (Å²) in [6.07, 6.45) is 1.47. The molecule has 6 nitrogen and oxygen atoms in total. The standard InChI is InChI=1S/C17H20N4O2/c1-11-16(12(2)20(3)19-11)17(23)18-13-6-4-7-14(10-13)21-9-5-8-15(21)22/h4,6-7,10H,5,8-9H2,1-3H3,(H,18,23). The fourth-order valence-electron chi connectivity index (χ4n) is 2.97. The smallest absolute Gasteiger partial charge is 0.259 e. The first-order valence-corrected chi connectivity index (χ1v) is 7.69. The van der Waals surface area contributed by atoms with Crippen LogP contribution in [-0.2, 0) is 11.8 Å². The van der Waals surface area contributed by atoms with Crippen molar-refractivity contribution in [3.63, 3.8) is 0 Å². The summed E-state index contributed by atoms with van der Waals surface area (Å²) >= 11 is 0. The van der Waals surface area contributed by atoms with Crippen LogP contribution < -0.4 is 10.2 Å². The number of rotatable bonds is 3. The van der Waals surface area contributed by atoms with Crippen LogP contribution in [-0.4, -0.2) is 28.1 Å². The van der Waals surface area contributed by atoms with E-state index in [-0.39, 0.29) is 11.8 Å². The van der Waals surface area contributed by atoms with Crippen molar-refractivity contribution in [2.75, 3.05) is 16.8 Å². The maximum absolute atomic E-state index is 12.5. The van der Waals surface area contributed by atoms with E-state index in [1.54, 1.807) is 9.58 Å². The summed E-state index contributed by atoms with van der Waals surface area (Å²) < 4.78 is 1.70. The summed E-state index contributed by atoms with van der Waals surface area (Å²) in [5, 5.41) is 7.17. The van der Waals surface area contributed by atoms with Gasteiger partial charge in [0.1, 0.15) is 0 Å². The molecular formula is C17H20N4O2. The van der Waals surface area contributed by atoms with Gasteiger partial charge >= 0.3 is 0 Å². The van der Waals surface area contributed by atoms with E-state index in [0.29, 0.717) is 23.4 Å². The van der Waals surface area contributed by atoms with Crippen LogP contribution in [0.15, 0.2) is 24.3 Å². The Morgan fingerprint density at radius 1 is 1.30 bits per heavy atom. The summed E-state index contributed by atoms with van der Waals surface area (Å²) in [6.45, 7) is 4.42. The van der Waals surface area contributed by atoms with E-state index in [4.69, 9.17) is 0 Å². The van der Waals surface area contributed by atoms with Gasteiger partial charge < -0.3 is 10.2 Å². The topological polar surface area (TPSA) is 67.2 Å². The van der Waals surface area contributed by atoms with Crippen molar-refractivity contribution >= 4 is 23.2 Å². The minimum atomic E-state index is -0.182. The highest BCUT2D eigenvalue weighted by Gasteiger charge is 2.22. The van der Waals surface area contributed by atoms with Crippen LogP contribution in [0.2, 0.25) is 0 Å². The molecule has 0 radical (unpaired) electrons. The maximum Gasteiger partial charge on any atom is 0.259 e. The van der Waals surface area contributed by atoms with E-state index in [2.05, 4.69) is 10.4 Å². The zero-order valence-electron chi connectivity index (χ0n) is 13.6. The Balaban J connectivity index is 1.83. The Kier molecular flexibility index (Phi) is 3.90. The van der Waals surface area contributed by atoms with E-state index < -0.39 is 0 Å². The lowest BCUT2D eigenvalue weighted by molar-refractivity contribution is -0.117. The van der Waals surface area contributed by atoms with Crippen LogP contribution in [0.4, 0.5) is 11.4 Å². The number of aromatic nitrogens is 2. The fourth-order valence-corrected chi connectivity index (χ4v) is 2.97. The van der Waals surface area contributed by atoms with E-state index in [0.717, 1.165) is 24.3 Å². The van der Waals surface area contributed by atoms with Gasteiger partial charge in [0.15, 0.2) is 0 Å². The summed E-state index contributed by atoms with van der Waals surface area (Å²) in [5.41, 5.74) is 3.62. The molecule has 1 aromatic heterocycles. The lowest BCUT2D eigenvalue weighted by atomic mass is 10.1. The van der Waals surface area contributed by atoms with Crippen molar-refractivity contribution in [2.45, 2.75) is 26.7 Å². The Hall–Kier alpha value is -2.63. The third kappa shape index (κ3) is 2.84. The Bertz CT molecular complexity index is 779. The average molecular weight is 312 g/mol. The number of anilines is 2. The molecule has 0 atom stereocenters. The molecule has 2 heterocycles. The van der Waals surface area contributed by atoms with Gasteiger partial charge in [-0.05, 0) is 38.5 Å². The number of benzene rings is 1. The zero-order chi connectivity index (χ0) is 16.6. The van der Waals surface area contributed by atoms with Gasteiger partial charge in [-0.2, -0.15) is 5.10 Å². The molecule has 1 aliphatic heterocycles. The molecule has 120 valence electrons. The molecule has 1 aliphatic rings. The molecule has 1 fully saturated rings. The third-order valence-corrected chi connectivity index (χ3v) is 4.23. The number of aryl methyl sites for hydroxylation is 2. The second-order valence-electron chi connectivity index (χ2n) is 5.82. The highest BCUT2D eigenvalue weighted by Crippen LogP contribution is 2.25. The largest absolute Gasteiger partial charge is 0.322 e. The van der Waals surface area contributed by atoms with Gasteiger partial charge in [-0.1, -0.05) is 6.07 Å². The number of carbonyl (C=O) groups excluding carboxylic acids is 2. The summed E-state index contributed by atoms with van der Waals surface area (Å²) in [5.74, 6) is -0.0505. The van der Waals surface area contributed by atoms with Gasteiger partial charge in [0.25, 0.3) is 5.91 Å². The summed E-state index contributed by atoms with van der Waals surface area (Å²) in [4.78, 5) is 26.1. The molecule has 6 heteroatoms. The van der Waals surface area contributed by atoms with Crippen molar-refractivity contribution in [1.29, 1.82) is 0 Å². The van der Waals surface area contributed by atoms with Gasteiger partial charge in [0.05, 0.1) is 11.3 Å². The molecule has 0 aliphatic carbocycles. The SMILES string of the molecule is Cc1nn(C)c(C)c1C(=O)Nc1cccc(N2CCCC2=O)c1. The first kappa shape index (κ1) is 15.3. The Morgan fingerprint density at radius 2 is 2.09 bits per heavy atom. The molecule has 2 amide bonds. The predicted octanol–water partition coefficient (Wildman–Crippen LogP) is 2.42. The maximum atomic E-state index is 12.5. The van der Waals surface area contributed by atoms with Gasteiger partial charge in [0.2, 0.25) is 5.91 Å². The van der Waals surface area contributed by atoms with E-state index in [1.807, 2.05) is 45.2 Å². The number of hydrogen-bond acceptors (Lipinski definition) is 3. The fraction of sp³-hybridized carbons (Fsp3) is 0.353. The van der Waals surface area contributed by atoms with E-state index in [9.17, 15) is 9.59 Å². The lowest BCUT2D eigenvalue weighted by Crippen LogP contribution is -2.23. The molecule has 0 spiro atoms. The number of amides is 2. The van der Waals surface area contributed by atoms with Gasteiger partial charge in [-0.15, -0.1) is 0 Å². The van der Waals surface area contributed by atoms with Crippen LogP contribution in [0.5, 0.6) is 0 Å². The highest BCUT2D eigenvalue weighted by molar-refractivity contribution is 6.06. The van der Waals surface area contributed by atoms with Crippen molar-refractivity contribution in [3.05, 3.63) is 41.2 Å². The first-order chi connectivity index (χ1) is 11.0. The van der Waals surface area contributed by atoms with Gasteiger partial charge in [-0.25, -0.2) is 0 Å². The first-order valence-electron chi connectivity index (χ1n) is 7.69. The number of nitrogens with one attached hydrogen (secondary N) is 1. The molecule has 2 aromatic rings. The second-order valence-corrected chi connectivity index (χ2v) is 5.82. The predicted molar refractivity (Wildman–Crippen MR) is 88.7 cm³/mol. The van der Waals surface area contributed by atoms with Crippen LogP contribution in [0, 0.1) is 13.8 Å². The van der Waals surface area contributed by atoms with Crippen LogP contribution in [0.25, 0.3) is 0 Å². The van der Waals surface area contributed by atoms with Crippen LogP contribution >= 0.6 is 0 Å². The molecular weight excluding hydrogens is 292 g/mol. The quantitative estimate of drug-likeness (QED) is 0.946. The summed E-state index contributed by atoms with van der Waals surface area (Å²) in [7, 11) is 1.82.